The van der Waals surface area contributed by atoms with Gasteiger partial charge in [0.15, 0.2) is 0 Å². The highest BCUT2D eigenvalue weighted by Gasteiger charge is 2.04. The zero-order chi connectivity index (χ0) is 9.97. The van der Waals surface area contributed by atoms with Crippen LogP contribution in [0, 0.1) is 0 Å². The molecule has 0 fully saturated rings. The van der Waals surface area contributed by atoms with Crippen molar-refractivity contribution in [2.45, 2.75) is 6.61 Å². The molecule has 1 aromatic heterocycles. The third-order valence-electron chi connectivity index (χ3n) is 2.07. The molecule has 1 N–H and O–H groups in total. The molecule has 3 heteroatoms. The fourth-order valence-electron chi connectivity index (χ4n) is 1.33. The molecule has 1 aromatic carbocycles. The highest BCUT2D eigenvalue weighted by atomic mass is 79.9. The summed E-state index contributed by atoms with van der Waals surface area (Å²) in [5.74, 6) is 0. The van der Waals surface area contributed by atoms with Gasteiger partial charge in [-0.3, -0.25) is 0 Å². The van der Waals surface area contributed by atoms with E-state index in [1.807, 2.05) is 29.6 Å². The lowest BCUT2D eigenvalue weighted by molar-refractivity contribution is 0.283. The Morgan fingerprint density at radius 3 is 2.50 bits per heavy atom. The predicted molar refractivity (Wildman–Crippen MR) is 63.4 cm³/mol. The Labute approximate surface area is 95.2 Å². The van der Waals surface area contributed by atoms with Crippen LogP contribution in [0.15, 0.2) is 39.5 Å². The lowest BCUT2D eigenvalue weighted by Crippen LogP contribution is -1.83. The zero-order valence-corrected chi connectivity index (χ0v) is 9.81. The maximum absolute atomic E-state index is 9.12. The van der Waals surface area contributed by atoms with Gasteiger partial charge in [0.1, 0.15) is 0 Å². The van der Waals surface area contributed by atoms with E-state index in [4.69, 9.17) is 5.11 Å². The van der Waals surface area contributed by atoms with Crippen molar-refractivity contribution in [1.82, 2.24) is 0 Å². The average molecular weight is 269 g/mol. The van der Waals surface area contributed by atoms with E-state index < -0.39 is 0 Å². The standard InChI is InChI=1S/C11H9BrOS/c12-10-3-1-8(2-4-10)11-7-14-6-9(11)5-13/h1-4,6-7,13H,5H2. The summed E-state index contributed by atoms with van der Waals surface area (Å²) in [6.07, 6.45) is 0. The first-order chi connectivity index (χ1) is 6.81. The van der Waals surface area contributed by atoms with Crippen LogP contribution in [-0.2, 0) is 6.61 Å². The van der Waals surface area contributed by atoms with E-state index >= 15 is 0 Å². The van der Waals surface area contributed by atoms with Gasteiger partial charge in [0.2, 0.25) is 0 Å². The summed E-state index contributed by atoms with van der Waals surface area (Å²) in [7, 11) is 0. The molecular formula is C11H9BrOS. The number of hydrogen-bond donors (Lipinski definition) is 1. The van der Waals surface area contributed by atoms with Crippen LogP contribution in [-0.4, -0.2) is 5.11 Å². The van der Waals surface area contributed by atoms with E-state index in [-0.39, 0.29) is 6.61 Å². The number of hydrogen-bond acceptors (Lipinski definition) is 2. The van der Waals surface area contributed by atoms with Gasteiger partial charge < -0.3 is 5.11 Å². The van der Waals surface area contributed by atoms with Crippen LogP contribution < -0.4 is 0 Å². The summed E-state index contributed by atoms with van der Waals surface area (Å²) in [5.41, 5.74) is 3.28. The molecule has 72 valence electrons. The minimum Gasteiger partial charge on any atom is -0.392 e. The molecule has 2 rings (SSSR count). The summed E-state index contributed by atoms with van der Waals surface area (Å²) in [6, 6.07) is 8.11. The van der Waals surface area contributed by atoms with Crippen molar-refractivity contribution in [3.63, 3.8) is 0 Å². The average Bonchev–Trinajstić information content (AvgIpc) is 2.67. The van der Waals surface area contributed by atoms with Gasteiger partial charge in [-0.05, 0) is 39.6 Å². The molecule has 0 saturated heterocycles. The van der Waals surface area contributed by atoms with Crippen molar-refractivity contribution in [3.8, 4) is 11.1 Å². The first-order valence-corrected chi connectivity index (χ1v) is 5.96. The Kier molecular flexibility index (Phi) is 3.01. The molecule has 1 nitrogen and oxygen atoms in total. The van der Waals surface area contributed by atoms with Gasteiger partial charge in [0.25, 0.3) is 0 Å². The van der Waals surface area contributed by atoms with Crippen molar-refractivity contribution in [1.29, 1.82) is 0 Å². The minimum atomic E-state index is 0.106. The highest BCUT2D eigenvalue weighted by molar-refractivity contribution is 9.10. The topological polar surface area (TPSA) is 20.2 Å². The number of benzene rings is 1. The van der Waals surface area contributed by atoms with E-state index in [2.05, 4.69) is 21.3 Å². The molecule has 0 amide bonds. The zero-order valence-electron chi connectivity index (χ0n) is 7.40. The predicted octanol–water partition coefficient (Wildman–Crippen LogP) is 3.67. The minimum absolute atomic E-state index is 0.106. The van der Waals surface area contributed by atoms with Crippen molar-refractivity contribution in [2.24, 2.45) is 0 Å². The molecule has 0 radical (unpaired) electrons. The molecule has 2 aromatic rings. The van der Waals surface area contributed by atoms with E-state index in [0.717, 1.165) is 21.2 Å². The molecule has 0 aliphatic rings. The lowest BCUT2D eigenvalue weighted by atomic mass is 10.1. The molecule has 0 aliphatic carbocycles. The smallest absolute Gasteiger partial charge is 0.0696 e. The Bertz CT molecular complexity index is 419. The third-order valence-corrected chi connectivity index (χ3v) is 3.39. The van der Waals surface area contributed by atoms with Crippen LogP contribution in [0.25, 0.3) is 11.1 Å². The SMILES string of the molecule is OCc1cscc1-c1ccc(Br)cc1. The third kappa shape index (κ3) is 1.90. The first-order valence-electron chi connectivity index (χ1n) is 4.23. The lowest BCUT2D eigenvalue weighted by Gasteiger charge is -2.01. The van der Waals surface area contributed by atoms with Crippen LogP contribution in [0.3, 0.4) is 0 Å². The Hall–Kier alpha value is -0.640. The fourth-order valence-corrected chi connectivity index (χ4v) is 2.45. The summed E-state index contributed by atoms with van der Waals surface area (Å²) < 4.78 is 1.07. The largest absolute Gasteiger partial charge is 0.392 e. The molecule has 0 saturated carbocycles. The quantitative estimate of drug-likeness (QED) is 0.881. The monoisotopic (exact) mass is 268 g/mol. The normalized spacial score (nSPS) is 10.4. The maximum atomic E-state index is 9.12. The summed E-state index contributed by atoms with van der Waals surface area (Å²) >= 11 is 5.02. The molecule has 14 heavy (non-hydrogen) atoms. The second-order valence-corrected chi connectivity index (χ2v) is 4.63. The van der Waals surface area contributed by atoms with Gasteiger partial charge in [-0.1, -0.05) is 28.1 Å². The van der Waals surface area contributed by atoms with Crippen molar-refractivity contribution < 1.29 is 5.11 Å². The molecule has 0 aliphatic heterocycles. The van der Waals surface area contributed by atoms with Crippen LogP contribution in [0.1, 0.15) is 5.56 Å². The number of aliphatic hydroxyl groups is 1. The number of aliphatic hydroxyl groups excluding tert-OH is 1. The molecule has 0 atom stereocenters. The van der Waals surface area contributed by atoms with E-state index in [9.17, 15) is 0 Å². The molecule has 0 spiro atoms. The second-order valence-electron chi connectivity index (χ2n) is 2.98. The Morgan fingerprint density at radius 1 is 1.14 bits per heavy atom. The Morgan fingerprint density at radius 2 is 1.86 bits per heavy atom. The molecule has 0 unspecified atom stereocenters. The highest BCUT2D eigenvalue weighted by Crippen LogP contribution is 2.28. The van der Waals surface area contributed by atoms with Gasteiger partial charge in [-0.2, -0.15) is 11.3 Å². The maximum Gasteiger partial charge on any atom is 0.0696 e. The number of rotatable bonds is 2. The molecule has 0 bridgehead atoms. The molecular weight excluding hydrogens is 260 g/mol. The summed E-state index contributed by atoms with van der Waals surface area (Å²) in [4.78, 5) is 0. The van der Waals surface area contributed by atoms with E-state index in [0.29, 0.717) is 0 Å². The summed E-state index contributed by atoms with van der Waals surface area (Å²) in [5, 5.41) is 13.2. The van der Waals surface area contributed by atoms with Crippen LogP contribution >= 0.6 is 27.3 Å². The van der Waals surface area contributed by atoms with E-state index in [1.165, 1.54) is 0 Å². The van der Waals surface area contributed by atoms with E-state index in [1.54, 1.807) is 11.3 Å². The van der Waals surface area contributed by atoms with Gasteiger partial charge in [0, 0.05) is 4.47 Å². The van der Waals surface area contributed by atoms with Gasteiger partial charge in [-0.15, -0.1) is 0 Å². The fraction of sp³-hybridized carbons (Fsp3) is 0.0909. The first kappa shape index (κ1) is 9.90. The van der Waals surface area contributed by atoms with Gasteiger partial charge >= 0.3 is 0 Å². The van der Waals surface area contributed by atoms with Gasteiger partial charge in [0.05, 0.1) is 6.61 Å². The van der Waals surface area contributed by atoms with Crippen LogP contribution in [0.5, 0.6) is 0 Å². The second kappa shape index (κ2) is 4.26. The molecule has 1 heterocycles. The Balaban J connectivity index is 2.44. The number of thiophene rings is 1. The number of halogens is 1. The van der Waals surface area contributed by atoms with Crippen LogP contribution in [0.2, 0.25) is 0 Å². The van der Waals surface area contributed by atoms with Crippen molar-refractivity contribution >= 4 is 27.3 Å². The van der Waals surface area contributed by atoms with Gasteiger partial charge in [-0.25, -0.2) is 0 Å². The van der Waals surface area contributed by atoms with Crippen LogP contribution in [0.4, 0.5) is 0 Å². The van der Waals surface area contributed by atoms with Crippen molar-refractivity contribution in [3.05, 3.63) is 45.1 Å². The van der Waals surface area contributed by atoms with Crippen molar-refractivity contribution in [2.75, 3.05) is 0 Å². The summed E-state index contributed by atoms with van der Waals surface area (Å²) in [6.45, 7) is 0.106.